The van der Waals surface area contributed by atoms with Crippen LogP contribution in [-0.4, -0.2) is 11.1 Å². The minimum Gasteiger partial charge on any atom is -0.360 e. The average molecular weight is 457 g/mol. The van der Waals surface area contributed by atoms with Crippen LogP contribution in [0.15, 0.2) is 47.0 Å². The summed E-state index contributed by atoms with van der Waals surface area (Å²) in [6.45, 7) is 1.62. The zero-order valence-electron chi connectivity index (χ0n) is 12.4. The van der Waals surface area contributed by atoms with Crippen LogP contribution in [0, 0.1) is 16.3 Å². The molecule has 3 rings (SSSR count). The van der Waals surface area contributed by atoms with E-state index in [0.717, 1.165) is 3.57 Å². The lowest BCUT2D eigenvalue weighted by Gasteiger charge is -2.08. The third-order valence-electron chi connectivity index (χ3n) is 3.40. The number of aryl methyl sites for hydroxylation is 1. The van der Waals surface area contributed by atoms with E-state index in [4.69, 9.17) is 16.1 Å². The molecule has 0 unspecified atom stereocenters. The van der Waals surface area contributed by atoms with Crippen molar-refractivity contribution >= 4 is 45.8 Å². The summed E-state index contributed by atoms with van der Waals surface area (Å²) in [4.78, 5) is 12.6. The van der Waals surface area contributed by atoms with Gasteiger partial charge in [0.1, 0.15) is 22.8 Å². The van der Waals surface area contributed by atoms with E-state index >= 15 is 0 Å². The van der Waals surface area contributed by atoms with Gasteiger partial charge in [-0.05, 0) is 53.8 Å². The molecule has 0 atom stereocenters. The van der Waals surface area contributed by atoms with Crippen molar-refractivity contribution in [1.29, 1.82) is 0 Å². The van der Waals surface area contributed by atoms with Crippen LogP contribution in [0.5, 0.6) is 0 Å². The van der Waals surface area contributed by atoms with Gasteiger partial charge < -0.3 is 9.84 Å². The van der Waals surface area contributed by atoms with Gasteiger partial charge in [0.05, 0.1) is 10.7 Å². The number of hydrogen-bond donors (Lipinski definition) is 1. The summed E-state index contributed by atoms with van der Waals surface area (Å²) in [5.74, 6) is -0.694. The van der Waals surface area contributed by atoms with Gasteiger partial charge in [-0.25, -0.2) is 4.39 Å². The van der Waals surface area contributed by atoms with Crippen molar-refractivity contribution in [3.05, 3.63) is 68.2 Å². The van der Waals surface area contributed by atoms with E-state index in [1.807, 2.05) is 22.6 Å². The fourth-order valence-corrected chi connectivity index (χ4v) is 2.93. The van der Waals surface area contributed by atoms with Crippen molar-refractivity contribution < 1.29 is 13.7 Å². The molecule has 7 heteroatoms. The third kappa shape index (κ3) is 3.29. The maximum absolute atomic E-state index is 14.0. The smallest absolute Gasteiger partial charge is 0.261 e. The average Bonchev–Trinajstić information content (AvgIpc) is 2.92. The van der Waals surface area contributed by atoms with E-state index < -0.39 is 11.7 Å². The first-order chi connectivity index (χ1) is 11.5. The normalized spacial score (nSPS) is 10.7. The number of rotatable bonds is 3. The number of anilines is 1. The number of carbonyl (C=O) groups excluding carboxylic acids is 1. The first kappa shape index (κ1) is 16.9. The molecule has 0 bridgehead atoms. The van der Waals surface area contributed by atoms with Crippen molar-refractivity contribution in [2.24, 2.45) is 0 Å². The van der Waals surface area contributed by atoms with Crippen molar-refractivity contribution in [3.8, 4) is 11.3 Å². The highest BCUT2D eigenvalue weighted by Gasteiger charge is 2.23. The molecule has 0 radical (unpaired) electrons. The van der Waals surface area contributed by atoms with Crippen molar-refractivity contribution in [3.63, 3.8) is 0 Å². The summed E-state index contributed by atoms with van der Waals surface area (Å²) in [6.07, 6.45) is 0. The van der Waals surface area contributed by atoms with Gasteiger partial charge in [-0.15, -0.1) is 0 Å². The van der Waals surface area contributed by atoms with E-state index in [2.05, 4.69) is 10.5 Å². The number of amides is 1. The van der Waals surface area contributed by atoms with E-state index in [0.29, 0.717) is 22.0 Å². The van der Waals surface area contributed by atoms with E-state index in [-0.39, 0.29) is 11.3 Å². The molecule has 122 valence electrons. The Hall–Kier alpha value is -1.93. The van der Waals surface area contributed by atoms with Gasteiger partial charge in [-0.1, -0.05) is 35.0 Å². The van der Waals surface area contributed by atoms with Crippen LogP contribution in [0.25, 0.3) is 11.3 Å². The lowest BCUT2D eigenvalue weighted by molar-refractivity contribution is 0.102. The predicted molar refractivity (Wildman–Crippen MR) is 98.8 cm³/mol. The van der Waals surface area contributed by atoms with E-state index in [9.17, 15) is 9.18 Å². The fraction of sp³-hybridized carbons (Fsp3) is 0.0588. The molecular weight excluding hydrogens is 446 g/mol. The summed E-state index contributed by atoms with van der Waals surface area (Å²) in [5.41, 5.74) is 1.21. The summed E-state index contributed by atoms with van der Waals surface area (Å²) in [6, 6.07) is 11.5. The second-order valence-corrected chi connectivity index (χ2v) is 6.67. The Morgan fingerprint density at radius 2 is 2.04 bits per heavy atom. The highest BCUT2D eigenvalue weighted by Crippen LogP contribution is 2.31. The van der Waals surface area contributed by atoms with Gasteiger partial charge in [0.2, 0.25) is 0 Å². The van der Waals surface area contributed by atoms with Crippen LogP contribution in [0.1, 0.15) is 16.1 Å². The second kappa shape index (κ2) is 6.90. The first-order valence-corrected chi connectivity index (χ1v) is 8.40. The topological polar surface area (TPSA) is 55.1 Å². The summed E-state index contributed by atoms with van der Waals surface area (Å²) < 4.78 is 19.8. The lowest BCUT2D eigenvalue weighted by Crippen LogP contribution is -2.14. The Labute approximate surface area is 156 Å². The number of halogens is 3. The molecule has 0 aliphatic heterocycles. The Bertz CT molecular complexity index is 927. The predicted octanol–water partition coefficient (Wildman–Crippen LogP) is 5.30. The number of nitrogens with zero attached hydrogens (tertiary/aromatic N) is 1. The Kier molecular flexibility index (Phi) is 4.86. The number of benzene rings is 2. The zero-order valence-corrected chi connectivity index (χ0v) is 15.4. The molecule has 24 heavy (non-hydrogen) atoms. The zero-order chi connectivity index (χ0) is 17.3. The van der Waals surface area contributed by atoms with Gasteiger partial charge in [0.25, 0.3) is 5.91 Å². The molecule has 0 aliphatic rings. The molecule has 3 aromatic rings. The highest BCUT2D eigenvalue weighted by atomic mass is 127. The first-order valence-electron chi connectivity index (χ1n) is 6.95. The monoisotopic (exact) mass is 456 g/mol. The molecule has 1 N–H and O–H groups in total. The third-order valence-corrected chi connectivity index (χ3v) is 4.40. The maximum Gasteiger partial charge on any atom is 0.261 e. The van der Waals surface area contributed by atoms with Crippen molar-refractivity contribution in [2.75, 3.05) is 5.32 Å². The SMILES string of the molecule is Cc1onc(-c2ccccc2Cl)c1C(=O)Nc1ccc(I)cc1F. The van der Waals surface area contributed by atoms with Gasteiger partial charge in [-0.2, -0.15) is 0 Å². The molecule has 1 heterocycles. The second-order valence-electron chi connectivity index (χ2n) is 5.02. The molecule has 0 spiro atoms. The van der Waals surface area contributed by atoms with Gasteiger partial charge >= 0.3 is 0 Å². The summed E-state index contributed by atoms with van der Waals surface area (Å²) in [5, 5.41) is 6.93. The highest BCUT2D eigenvalue weighted by molar-refractivity contribution is 14.1. The molecule has 0 saturated heterocycles. The van der Waals surface area contributed by atoms with E-state index in [1.165, 1.54) is 12.1 Å². The van der Waals surface area contributed by atoms with Crippen LogP contribution in [0.2, 0.25) is 5.02 Å². The molecule has 1 aromatic heterocycles. The standard InChI is InChI=1S/C17H11ClFIN2O2/c1-9-15(16(22-24-9)11-4-2-3-5-12(11)18)17(23)21-14-7-6-10(20)8-13(14)19/h2-8H,1H3,(H,21,23). The maximum atomic E-state index is 14.0. The molecule has 0 fully saturated rings. The molecular formula is C17H11ClFIN2O2. The Morgan fingerprint density at radius 3 is 2.75 bits per heavy atom. The van der Waals surface area contributed by atoms with Crippen LogP contribution in [-0.2, 0) is 0 Å². The largest absolute Gasteiger partial charge is 0.360 e. The quantitative estimate of drug-likeness (QED) is 0.544. The van der Waals surface area contributed by atoms with Crippen LogP contribution in [0.4, 0.5) is 10.1 Å². The molecule has 4 nitrogen and oxygen atoms in total. The van der Waals surface area contributed by atoms with Crippen LogP contribution >= 0.6 is 34.2 Å². The molecule has 2 aromatic carbocycles. The molecule has 0 saturated carbocycles. The van der Waals surface area contributed by atoms with Crippen molar-refractivity contribution in [1.82, 2.24) is 5.16 Å². The number of nitrogens with one attached hydrogen (secondary N) is 1. The molecule has 0 aliphatic carbocycles. The summed E-state index contributed by atoms with van der Waals surface area (Å²) >= 11 is 8.17. The van der Waals surface area contributed by atoms with Crippen LogP contribution in [0.3, 0.4) is 0 Å². The Morgan fingerprint density at radius 1 is 1.29 bits per heavy atom. The van der Waals surface area contributed by atoms with Crippen LogP contribution < -0.4 is 5.32 Å². The van der Waals surface area contributed by atoms with Gasteiger partial charge in [0.15, 0.2) is 0 Å². The Balaban J connectivity index is 1.99. The van der Waals surface area contributed by atoms with Gasteiger partial charge in [-0.3, -0.25) is 4.79 Å². The minimum absolute atomic E-state index is 0.0890. The van der Waals surface area contributed by atoms with Gasteiger partial charge in [0, 0.05) is 9.13 Å². The summed E-state index contributed by atoms with van der Waals surface area (Å²) in [7, 11) is 0. The van der Waals surface area contributed by atoms with Crippen molar-refractivity contribution in [2.45, 2.75) is 6.92 Å². The number of aromatic nitrogens is 1. The minimum atomic E-state index is -0.511. The lowest BCUT2D eigenvalue weighted by atomic mass is 10.1. The fourth-order valence-electron chi connectivity index (χ4n) is 2.25. The number of hydrogen-bond acceptors (Lipinski definition) is 3. The molecule has 1 amide bonds. The number of carbonyl (C=O) groups is 1. The van der Waals surface area contributed by atoms with E-state index in [1.54, 1.807) is 37.3 Å².